The van der Waals surface area contributed by atoms with E-state index in [2.05, 4.69) is 4.98 Å². The lowest BCUT2D eigenvalue weighted by atomic mass is 9.90. The van der Waals surface area contributed by atoms with Crippen LogP contribution in [0.2, 0.25) is 0 Å². The number of carbonyl (C=O) groups excluding carboxylic acids is 1. The first-order chi connectivity index (χ1) is 10.7. The number of likely N-dealkylation sites (tertiary alicyclic amines) is 1. The third-order valence-electron chi connectivity index (χ3n) is 4.60. The molecule has 6 heteroatoms. The van der Waals surface area contributed by atoms with Crippen molar-refractivity contribution < 1.29 is 19.4 Å². The Labute approximate surface area is 129 Å². The van der Waals surface area contributed by atoms with Crippen LogP contribution in [-0.2, 0) is 4.74 Å². The van der Waals surface area contributed by atoms with E-state index in [1.165, 1.54) is 12.3 Å². The lowest BCUT2D eigenvalue weighted by molar-refractivity contribution is 0.0322. The highest BCUT2D eigenvalue weighted by atomic mass is 16.5. The van der Waals surface area contributed by atoms with Gasteiger partial charge in [-0.2, -0.15) is 0 Å². The summed E-state index contributed by atoms with van der Waals surface area (Å²) in [6, 6.07) is 3.21. The maximum absolute atomic E-state index is 12.7. The van der Waals surface area contributed by atoms with E-state index in [9.17, 15) is 9.59 Å². The van der Waals surface area contributed by atoms with Crippen molar-refractivity contribution >= 4 is 11.9 Å². The van der Waals surface area contributed by atoms with Crippen LogP contribution in [-0.4, -0.2) is 52.7 Å². The van der Waals surface area contributed by atoms with Gasteiger partial charge in [0, 0.05) is 32.0 Å². The SMILES string of the molecule is O=C(O)c1ccc(C(=O)N2CCC[C@H]2C2CCOCC2)cn1. The molecule has 2 fully saturated rings. The smallest absolute Gasteiger partial charge is 0.354 e. The van der Waals surface area contributed by atoms with Crippen LogP contribution < -0.4 is 0 Å². The highest BCUT2D eigenvalue weighted by Gasteiger charge is 2.35. The van der Waals surface area contributed by atoms with E-state index in [0.29, 0.717) is 11.5 Å². The molecular weight excluding hydrogens is 284 g/mol. The fourth-order valence-corrected chi connectivity index (χ4v) is 3.45. The van der Waals surface area contributed by atoms with Crippen LogP contribution in [0.5, 0.6) is 0 Å². The summed E-state index contributed by atoms with van der Waals surface area (Å²) in [7, 11) is 0. The highest BCUT2D eigenvalue weighted by molar-refractivity contribution is 5.95. The lowest BCUT2D eigenvalue weighted by Crippen LogP contribution is -2.42. The van der Waals surface area contributed by atoms with Crippen LogP contribution in [0.25, 0.3) is 0 Å². The third kappa shape index (κ3) is 2.97. The first-order valence-corrected chi connectivity index (χ1v) is 7.75. The number of hydrogen-bond acceptors (Lipinski definition) is 4. The fraction of sp³-hybridized carbons (Fsp3) is 0.562. The standard InChI is InChI=1S/C16H20N2O4/c19-15(12-3-4-13(16(20)21)17-10-12)18-7-1-2-14(18)11-5-8-22-9-6-11/h3-4,10-11,14H,1-2,5-9H2,(H,20,21)/t14-/m0/s1. The van der Waals surface area contributed by atoms with Gasteiger partial charge in [-0.15, -0.1) is 0 Å². The summed E-state index contributed by atoms with van der Waals surface area (Å²) in [5.41, 5.74) is 0.419. The fourth-order valence-electron chi connectivity index (χ4n) is 3.45. The molecule has 1 aromatic heterocycles. The van der Waals surface area contributed by atoms with Gasteiger partial charge in [-0.25, -0.2) is 9.78 Å². The Kier molecular flexibility index (Phi) is 4.38. The Morgan fingerprint density at radius 1 is 1.23 bits per heavy atom. The van der Waals surface area contributed by atoms with E-state index >= 15 is 0 Å². The maximum Gasteiger partial charge on any atom is 0.354 e. The molecule has 118 valence electrons. The second-order valence-corrected chi connectivity index (χ2v) is 5.90. The number of carbonyl (C=O) groups is 2. The molecule has 3 heterocycles. The molecule has 0 radical (unpaired) electrons. The maximum atomic E-state index is 12.7. The molecule has 2 aliphatic rings. The van der Waals surface area contributed by atoms with Gasteiger partial charge in [0.15, 0.2) is 0 Å². The minimum atomic E-state index is -1.08. The average Bonchev–Trinajstić information content (AvgIpc) is 3.04. The Hall–Kier alpha value is -1.95. The number of aromatic carboxylic acids is 1. The highest BCUT2D eigenvalue weighted by Crippen LogP contribution is 2.31. The Morgan fingerprint density at radius 2 is 2.00 bits per heavy atom. The predicted molar refractivity (Wildman–Crippen MR) is 78.8 cm³/mol. The number of ether oxygens (including phenoxy) is 1. The van der Waals surface area contributed by atoms with Crippen LogP contribution in [0, 0.1) is 5.92 Å². The van der Waals surface area contributed by atoms with E-state index in [4.69, 9.17) is 9.84 Å². The van der Waals surface area contributed by atoms with Crippen molar-refractivity contribution in [2.45, 2.75) is 31.7 Å². The number of carboxylic acids is 1. The summed E-state index contributed by atoms with van der Waals surface area (Å²) >= 11 is 0. The second-order valence-electron chi connectivity index (χ2n) is 5.90. The van der Waals surface area contributed by atoms with Gasteiger partial charge < -0.3 is 14.7 Å². The van der Waals surface area contributed by atoms with Gasteiger partial charge in [-0.05, 0) is 43.7 Å². The number of aromatic nitrogens is 1. The molecule has 3 rings (SSSR count). The second kappa shape index (κ2) is 6.44. The molecule has 2 aliphatic heterocycles. The van der Waals surface area contributed by atoms with E-state index in [1.807, 2.05) is 4.90 Å². The van der Waals surface area contributed by atoms with Gasteiger partial charge in [0.25, 0.3) is 5.91 Å². The van der Waals surface area contributed by atoms with E-state index < -0.39 is 5.97 Å². The number of hydrogen-bond donors (Lipinski definition) is 1. The van der Waals surface area contributed by atoms with E-state index in [1.54, 1.807) is 6.07 Å². The molecule has 2 saturated heterocycles. The molecule has 0 unspecified atom stereocenters. The van der Waals surface area contributed by atoms with Gasteiger partial charge >= 0.3 is 5.97 Å². The van der Waals surface area contributed by atoms with Gasteiger partial charge in [0.1, 0.15) is 5.69 Å². The summed E-state index contributed by atoms with van der Waals surface area (Å²) in [5.74, 6) is -0.620. The minimum absolute atomic E-state index is 0.0426. The predicted octanol–water partition coefficient (Wildman–Crippen LogP) is 1.81. The Bertz CT molecular complexity index is 552. The van der Waals surface area contributed by atoms with Crippen molar-refractivity contribution in [2.75, 3.05) is 19.8 Å². The molecule has 1 amide bonds. The van der Waals surface area contributed by atoms with Gasteiger partial charge in [-0.1, -0.05) is 0 Å². The molecule has 0 bridgehead atoms. The molecule has 0 saturated carbocycles. The van der Waals surface area contributed by atoms with Crippen LogP contribution in [0.1, 0.15) is 46.5 Å². The Balaban J connectivity index is 1.73. The summed E-state index contributed by atoms with van der Waals surface area (Å²) < 4.78 is 5.41. The zero-order valence-electron chi connectivity index (χ0n) is 12.4. The molecule has 0 spiro atoms. The first-order valence-electron chi connectivity index (χ1n) is 7.75. The number of rotatable bonds is 3. The van der Waals surface area contributed by atoms with Gasteiger partial charge in [0.2, 0.25) is 0 Å². The topological polar surface area (TPSA) is 79.7 Å². The first kappa shape index (κ1) is 15.0. The molecule has 0 aromatic carbocycles. The van der Waals surface area contributed by atoms with Crippen molar-refractivity contribution in [3.63, 3.8) is 0 Å². The zero-order chi connectivity index (χ0) is 15.5. The molecule has 1 N–H and O–H groups in total. The minimum Gasteiger partial charge on any atom is -0.477 e. The van der Waals surface area contributed by atoms with E-state index in [-0.39, 0.29) is 17.6 Å². The van der Waals surface area contributed by atoms with Crippen LogP contribution >= 0.6 is 0 Å². The largest absolute Gasteiger partial charge is 0.477 e. The molecule has 22 heavy (non-hydrogen) atoms. The molecular formula is C16H20N2O4. The number of amides is 1. The summed E-state index contributed by atoms with van der Waals surface area (Å²) in [4.78, 5) is 29.3. The van der Waals surface area contributed by atoms with Gasteiger partial charge in [-0.3, -0.25) is 4.79 Å². The molecule has 0 aliphatic carbocycles. The quantitative estimate of drug-likeness (QED) is 0.921. The summed E-state index contributed by atoms with van der Waals surface area (Å²) in [6.45, 7) is 2.32. The number of pyridine rings is 1. The van der Waals surface area contributed by atoms with Crippen molar-refractivity contribution in [1.29, 1.82) is 0 Å². The van der Waals surface area contributed by atoms with Crippen molar-refractivity contribution in [1.82, 2.24) is 9.88 Å². The van der Waals surface area contributed by atoms with Gasteiger partial charge in [0.05, 0.1) is 5.56 Å². The average molecular weight is 304 g/mol. The third-order valence-corrected chi connectivity index (χ3v) is 4.60. The van der Waals surface area contributed by atoms with Crippen LogP contribution in [0.15, 0.2) is 18.3 Å². The monoisotopic (exact) mass is 304 g/mol. The van der Waals surface area contributed by atoms with Crippen molar-refractivity contribution in [3.05, 3.63) is 29.6 Å². The number of carboxylic acid groups (broad SMARTS) is 1. The van der Waals surface area contributed by atoms with Crippen molar-refractivity contribution in [2.24, 2.45) is 5.92 Å². The molecule has 1 aromatic rings. The molecule has 6 nitrogen and oxygen atoms in total. The lowest BCUT2D eigenvalue weighted by Gasteiger charge is -2.34. The number of nitrogens with zero attached hydrogens (tertiary/aromatic N) is 2. The van der Waals surface area contributed by atoms with E-state index in [0.717, 1.165) is 45.4 Å². The Morgan fingerprint density at radius 3 is 2.64 bits per heavy atom. The zero-order valence-corrected chi connectivity index (χ0v) is 12.4. The van der Waals surface area contributed by atoms with Crippen LogP contribution in [0.4, 0.5) is 0 Å². The normalized spacial score (nSPS) is 22.7. The molecule has 1 atom stereocenters. The van der Waals surface area contributed by atoms with Crippen LogP contribution in [0.3, 0.4) is 0 Å². The summed E-state index contributed by atoms with van der Waals surface area (Å²) in [5, 5.41) is 8.87. The van der Waals surface area contributed by atoms with Crippen molar-refractivity contribution in [3.8, 4) is 0 Å². The summed E-state index contributed by atoms with van der Waals surface area (Å²) in [6.07, 6.45) is 5.44.